The van der Waals surface area contributed by atoms with E-state index >= 15 is 0 Å². The lowest BCUT2D eigenvalue weighted by Gasteiger charge is -2.17. The van der Waals surface area contributed by atoms with Crippen molar-refractivity contribution in [1.82, 2.24) is 14.7 Å². The maximum atomic E-state index is 12.5. The topological polar surface area (TPSA) is 75.4 Å². The number of carbonyl (C=O) groups is 2. The highest BCUT2D eigenvalue weighted by Gasteiger charge is 2.24. The molecular weight excluding hydrogens is 318 g/mol. The molecule has 1 aromatic heterocycles. The van der Waals surface area contributed by atoms with Gasteiger partial charge in [-0.05, 0) is 18.1 Å². The summed E-state index contributed by atoms with van der Waals surface area (Å²) in [6, 6.07) is 7.22. The van der Waals surface area contributed by atoms with Crippen LogP contribution in [0.1, 0.15) is 35.8 Å². The normalized spacial score (nSPS) is 10.8. The number of hydrogen-bond acceptors (Lipinski definition) is 3. The zero-order valence-corrected chi connectivity index (χ0v) is 13.9. The van der Waals surface area contributed by atoms with Gasteiger partial charge in [0.1, 0.15) is 6.54 Å². The molecule has 0 spiro atoms. The van der Waals surface area contributed by atoms with Crippen LogP contribution in [0.2, 0.25) is 5.02 Å². The van der Waals surface area contributed by atoms with Crippen molar-refractivity contribution in [3.8, 4) is 5.69 Å². The number of para-hydroxylation sites is 1. The van der Waals surface area contributed by atoms with Crippen molar-refractivity contribution < 1.29 is 14.7 Å². The van der Waals surface area contributed by atoms with Crippen LogP contribution in [0.4, 0.5) is 0 Å². The molecule has 122 valence electrons. The summed E-state index contributed by atoms with van der Waals surface area (Å²) in [5.74, 6) is -1.44. The molecule has 1 N–H and O–H groups in total. The number of likely N-dealkylation sites (N-methyl/N-ethyl adjacent to an activating group) is 1. The minimum Gasteiger partial charge on any atom is -0.480 e. The number of rotatable bonds is 5. The number of benzene rings is 1. The molecule has 0 bridgehead atoms. The fourth-order valence-electron chi connectivity index (χ4n) is 2.37. The SMILES string of the molecule is CC(C)c1c(C(=O)N(C)CC(=O)O)cnn1-c1ccccc1Cl. The van der Waals surface area contributed by atoms with Crippen LogP contribution in [-0.2, 0) is 4.79 Å². The van der Waals surface area contributed by atoms with E-state index in [2.05, 4.69) is 5.10 Å². The Morgan fingerprint density at radius 1 is 1.35 bits per heavy atom. The van der Waals surface area contributed by atoms with Crippen molar-refractivity contribution in [2.45, 2.75) is 19.8 Å². The second kappa shape index (κ2) is 6.83. The lowest BCUT2D eigenvalue weighted by atomic mass is 10.0. The van der Waals surface area contributed by atoms with E-state index < -0.39 is 5.97 Å². The van der Waals surface area contributed by atoms with Gasteiger partial charge < -0.3 is 10.0 Å². The van der Waals surface area contributed by atoms with Crippen molar-refractivity contribution in [2.24, 2.45) is 0 Å². The first kappa shape index (κ1) is 17.0. The molecule has 1 amide bonds. The fourth-order valence-corrected chi connectivity index (χ4v) is 2.59. The molecule has 23 heavy (non-hydrogen) atoms. The highest BCUT2D eigenvalue weighted by molar-refractivity contribution is 6.32. The third-order valence-corrected chi connectivity index (χ3v) is 3.70. The third kappa shape index (κ3) is 3.53. The second-order valence-corrected chi connectivity index (χ2v) is 5.92. The Balaban J connectivity index is 2.50. The number of nitrogens with zero attached hydrogens (tertiary/aromatic N) is 3. The molecular formula is C16H18ClN3O3. The quantitative estimate of drug-likeness (QED) is 0.911. The monoisotopic (exact) mass is 335 g/mol. The predicted molar refractivity (Wildman–Crippen MR) is 87.3 cm³/mol. The van der Waals surface area contributed by atoms with Crippen LogP contribution in [0.15, 0.2) is 30.5 Å². The summed E-state index contributed by atoms with van der Waals surface area (Å²) >= 11 is 6.22. The third-order valence-electron chi connectivity index (χ3n) is 3.38. The molecule has 6 nitrogen and oxygen atoms in total. The van der Waals surface area contributed by atoms with Crippen LogP contribution < -0.4 is 0 Å². The molecule has 0 fully saturated rings. The lowest BCUT2D eigenvalue weighted by Crippen LogP contribution is -2.32. The maximum Gasteiger partial charge on any atom is 0.323 e. The lowest BCUT2D eigenvalue weighted by molar-refractivity contribution is -0.137. The van der Waals surface area contributed by atoms with Crippen LogP contribution in [-0.4, -0.2) is 45.3 Å². The van der Waals surface area contributed by atoms with Crippen LogP contribution in [0.3, 0.4) is 0 Å². The minimum atomic E-state index is -1.06. The first-order chi connectivity index (χ1) is 10.8. The van der Waals surface area contributed by atoms with Crippen LogP contribution in [0.5, 0.6) is 0 Å². The predicted octanol–water partition coefficient (Wildman–Crippen LogP) is 2.81. The second-order valence-electron chi connectivity index (χ2n) is 5.52. The Morgan fingerprint density at radius 3 is 2.57 bits per heavy atom. The zero-order valence-electron chi connectivity index (χ0n) is 13.2. The molecule has 1 heterocycles. The number of amides is 1. The minimum absolute atomic E-state index is 0.00551. The molecule has 2 rings (SSSR count). The average molecular weight is 336 g/mol. The molecule has 7 heteroatoms. The highest BCUT2D eigenvalue weighted by atomic mass is 35.5. The van der Waals surface area contributed by atoms with Gasteiger partial charge in [0, 0.05) is 7.05 Å². The van der Waals surface area contributed by atoms with Gasteiger partial charge in [-0.2, -0.15) is 5.10 Å². The molecule has 0 aliphatic rings. The van der Waals surface area contributed by atoms with Crippen LogP contribution in [0.25, 0.3) is 5.69 Å². The summed E-state index contributed by atoms with van der Waals surface area (Å²) in [4.78, 5) is 24.5. The van der Waals surface area contributed by atoms with E-state index in [1.54, 1.807) is 10.7 Å². The summed E-state index contributed by atoms with van der Waals surface area (Å²) in [6.07, 6.45) is 1.46. The van der Waals surface area contributed by atoms with E-state index in [1.165, 1.54) is 13.2 Å². The number of carboxylic acid groups (broad SMARTS) is 1. The van der Waals surface area contributed by atoms with Crippen LogP contribution in [0, 0.1) is 0 Å². The van der Waals surface area contributed by atoms with Gasteiger partial charge in [0.05, 0.1) is 28.2 Å². The fraction of sp³-hybridized carbons (Fsp3) is 0.312. The summed E-state index contributed by atoms with van der Waals surface area (Å²) in [5.41, 5.74) is 1.75. The van der Waals surface area contributed by atoms with Gasteiger partial charge in [0.15, 0.2) is 0 Å². The maximum absolute atomic E-state index is 12.5. The van der Waals surface area contributed by atoms with Gasteiger partial charge in [-0.3, -0.25) is 9.59 Å². The number of hydrogen-bond donors (Lipinski definition) is 1. The van der Waals surface area contributed by atoms with Crippen molar-refractivity contribution in [2.75, 3.05) is 13.6 Å². The van der Waals surface area contributed by atoms with Gasteiger partial charge in [0.25, 0.3) is 5.91 Å². The smallest absolute Gasteiger partial charge is 0.323 e. The Bertz CT molecular complexity index is 740. The molecule has 0 saturated carbocycles. The number of carboxylic acids is 1. The van der Waals surface area contributed by atoms with E-state index in [0.717, 1.165) is 4.90 Å². The molecule has 0 unspecified atom stereocenters. The molecule has 0 atom stereocenters. The largest absolute Gasteiger partial charge is 0.480 e. The average Bonchev–Trinajstić information content (AvgIpc) is 2.90. The molecule has 2 aromatic rings. The van der Waals surface area contributed by atoms with E-state index in [0.29, 0.717) is 22.0 Å². The van der Waals surface area contributed by atoms with Gasteiger partial charge in [-0.25, -0.2) is 4.68 Å². The summed E-state index contributed by atoms with van der Waals surface area (Å²) in [6.45, 7) is 3.52. The summed E-state index contributed by atoms with van der Waals surface area (Å²) < 4.78 is 1.63. The Hall–Kier alpha value is -2.34. The number of halogens is 1. The number of carbonyl (C=O) groups excluding carboxylic acids is 1. The number of aliphatic carboxylic acids is 1. The van der Waals surface area contributed by atoms with Crippen molar-refractivity contribution in [1.29, 1.82) is 0 Å². The van der Waals surface area contributed by atoms with Crippen molar-refractivity contribution >= 4 is 23.5 Å². The summed E-state index contributed by atoms with van der Waals surface area (Å²) in [5, 5.41) is 13.7. The van der Waals surface area contributed by atoms with Crippen LogP contribution >= 0.6 is 11.6 Å². The van der Waals surface area contributed by atoms with Gasteiger partial charge >= 0.3 is 5.97 Å². The first-order valence-corrected chi connectivity index (χ1v) is 7.50. The number of aromatic nitrogens is 2. The highest BCUT2D eigenvalue weighted by Crippen LogP contribution is 2.27. The van der Waals surface area contributed by atoms with Gasteiger partial charge in [0.2, 0.25) is 0 Å². The Labute approximate surface area is 139 Å². The van der Waals surface area contributed by atoms with Crippen molar-refractivity contribution in [3.05, 3.63) is 46.7 Å². The molecule has 1 aromatic carbocycles. The van der Waals surface area contributed by atoms with E-state index in [9.17, 15) is 9.59 Å². The van der Waals surface area contributed by atoms with E-state index in [-0.39, 0.29) is 18.4 Å². The zero-order chi connectivity index (χ0) is 17.1. The van der Waals surface area contributed by atoms with E-state index in [1.807, 2.05) is 32.0 Å². The standard InChI is InChI=1S/C16H18ClN3O3/c1-10(2)15-11(16(23)19(3)9-14(21)22)8-18-20(15)13-7-5-4-6-12(13)17/h4-8,10H,9H2,1-3H3,(H,21,22). The molecule has 0 saturated heterocycles. The van der Waals surface area contributed by atoms with Gasteiger partial charge in [-0.1, -0.05) is 37.6 Å². The Morgan fingerprint density at radius 2 is 2.00 bits per heavy atom. The molecule has 0 radical (unpaired) electrons. The Kier molecular flexibility index (Phi) is 5.05. The molecule has 0 aliphatic carbocycles. The summed E-state index contributed by atoms with van der Waals surface area (Å²) in [7, 11) is 1.45. The van der Waals surface area contributed by atoms with E-state index in [4.69, 9.17) is 16.7 Å². The van der Waals surface area contributed by atoms with Gasteiger partial charge in [-0.15, -0.1) is 0 Å². The first-order valence-electron chi connectivity index (χ1n) is 7.13. The molecule has 0 aliphatic heterocycles. The van der Waals surface area contributed by atoms with Crippen molar-refractivity contribution in [3.63, 3.8) is 0 Å².